The van der Waals surface area contributed by atoms with Gasteiger partial charge in [-0.05, 0) is 71.8 Å². The van der Waals surface area contributed by atoms with E-state index in [2.05, 4.69) is 58.5 Å². The van der Waals surface area contributed by atoms with Crippen LogP contribution >= 0.6 is 21.6 Å². The molecule has 0 aliphatic heterocycles. The zero-order chi connectivity index (χ0) is 23.3. The summed E-state index contributed by atoms with van der Waals surface area (Å²) in [5.74, 6) is 0. The Morgan fingerprint density at radius 2 is 0.824 bits per heavy atom. The molecule has 4 heteroatoms. The fraction of sp³-hybridized carbons (Fsp3) is 0. The molecule has 0 aliphatic carbocycles. The zero-order valence-electron chi connectivity index (χ0n) is 18.6. The summed E-state index contributed by atoms with van der Waals surface area (Å²) in [7, 11) is 3.47. The highest BCUT2D eigenvalue weighted by atomic mass is 33.1. The average molecular weight is 477 g/mol. The van der Waals surface area contributed by atoms with Gasteiger partial charge in [0, 0.05) is 22.2 Å². The second-order valence-corrected chi connectivity index (χ2v) is 9.53. The first-order valence-electron chi connectivity index (χ1n) is 10.9. The van der Waals surface area contributed by atoms with Crippen LogP contribution in [-0.4, -0.2) is 12.4 Å². The molecule has 0 spiro atoms. The largest absolute Gasteiger partial charge is 0.257 e. The lowest BCUT2D eigenvalue weighted by Gasteiger charge is -2.02. The van der Waals surface area contributed by atoms with Gasteiger partial charge in [-0.2, -0.15) is 0 Å². The first-order valence-corrected chi connectivity index (χ1v) is 13.1. The Kier molecular flexibility index (Phi) is 9.14. The summed E-state index contributed by atoms with van der Waals surface area (Å²) in [6, 6.07) is 37.0. The lowest BCUT2D eigenvalue weighted by atomic mass is 10.2. The fourth-order valence-electron chi connectivity index (χ4n) is 2.97. The Morgan fingerprint density at radius 1 is 0.441 bits per heavy atom. The van der Waals surface area contributed by atoms with Crippen molar-refractivity contribution in [2.24, 2.45) is 9.98 Å². The van der Waals surface area contributed by atoms with Gasteiger partial charge in [-0.3, -0.25) is 9.98 Å². The normalized spacial score (nSPS) is 11.9. The molecule has 34 heavy (non-hydrogen) atoms. The minimum absolute atomic E-state index is 0.940. The predicted molar refractivity (Wildman–Crippen MR) is 152 cm³/mol. The van der Waals surface area contributed by atoms with Gasteiger partial charge in [0.2, 0.25) is 0 Å². The van der Waals surface area contributed by atoms with Crippen LogP contribution in [0.4, 0.5) is 11.4 Å². The smallest absolute Gasteiger partial charge is 0.0630 e. The zero-order valence-corrected chi connectivity index (χ0v) is 20.2. The molecule has 4 aromatic carbocycles. The highest BCUT2D eigenvalue weighted by molar-refractivity contribution is 8.76. The van der Waals surface area contributed by atoms with Crippen LogP contribution in [0.5, 0.6) is 0 Å². The minimum atomic E-state index is 0.940. The van der Waals surface area contributed by atoms with Gasteiger partial charge in [-0.15, -0.1) is 0 Å². The summed E-state index contributed by atoms with van der Waals surface area (Å²) in [4.78, 5) is 11.4. The highest BCUT2D eigenvalue weighted by Crippen LogP contribution is 2.38. The van der Waals surface area contributed by atoms with Gasteiger partial charge in [0.15, 0.2) is 0 Å². The van der Waals surface area contributed by atoms with Crippen LogP contribution < -0.4 is 0 Å². The molecule has 0 aliphatic rings. The number of benzene rings is 4. The van der Waals surface area contributed by atoms with Crippen molar-refractivity contribution in [3.63, 3.8) is 0 Å². The lowest BCUT2D eigenvalue weighted by molar-refractivity contribution is 1.43. The first-order chi connectivity index (χ1) is 16.8. The Balaban J connectivity index is 1.23. The van der Waals surface area contributed by atoms with Gasteiger partial charge in [-0.1, -0.05) is 94.4 Å². The number of allylic oxidation sites excluding steroid dienone is 2. The molecular formula is C30H24N2S2. The third kappa shape index (κ3) is 8.07. The number of hydrogen-bond acceptors (Lipinski definition) is 4. The van der Waals surface area contributed by atoms with Crippen LogP contribution in [0.15, 0.2) is 141 Å². The van der Waals surface area contributed by atoms with Gasteiger partial charge in [0.25, 0.3) is 0 Å². The van der Waals surface area contributed by atoms with Crippen molar-refractivity contribution in [2.75, 3.05) is 0 Å². The summed E-state index contributed by atoms with van der Waals surface area (Å²) < 4.78 is 0. The van der Waals surface area contributed by atoms with Gasteiger partial charge in [0.1, 0.15) is 0 Å². The third-order valence-corrected chi connectivity index (χ3v) is 7.12. The van der Waals surface area contributed by atoms with E-state index < -0.39 is 0 Å². The molecular weight excluding hydrogens is 452 g/mol. The molecule has 0 heterocycles. The van der Waals surface area contributed by atoms with Crippen LogP contribution in [0.25, 0.3) is 12.2 Å². The second-order valence-electron chi connectivity index (χ2n) is 7.25. The van der Waals surface area contributed by atoms with Crippen LogP contribution in [0.1, 0.15) is 11.1 Å². The van der Waals surface area contributed by atoms with Crippen molar-refractivity contribution < 1.29 is 0 Å². The second kappa shape index (κ2) is 13.2. The fourth-order valence-corrected chi connectivity index (χ4v) is 4.90. The van der Waals surface area contributed by atoms with E-state index in [1.807, 2.05) is 97.4 Å². The molecule has 4 rings (SSSR count). The van der Waals surface area contributed by atoms with Crippen molar-refractivity contribution in [2.45, 2.75) is 9.79 Å². The molecule has 0 fully saturated rings. The van der Waals surface area contributed by atoms with Gasteiger partial charge in [0.05, 0.1) is 11.4 Å². The Morgan fingerprint density at radius 3 is 1.21 bits per heavy atom. The van der Waals surface area contributed by atoms with E-state index >= 15 is 0 Å². The molecule has 0 bridgehead atoms. The molecule has 2 nitrogen and oxygen atoms in total. The van der Waals surface area contributed by atoms with E-state index in [0.29, 0.717) is 0 Å². The quantitative estimate of drug-likeness (QED) is 0.178. The van der Waals surface area contributed by atoms with E-state index in [0.717, 1.165) is 22.5 Å². The molecule has 4 aromatic rings. The average Bonchev–Trinajstić information content (AvgIpc) is 2.90. The summed E-state index contributed by atoms with van der Waals surface area (Å²) in [5.41, 5.74) is 4.21. The van der Waals surface area contributed by atoms with Gasteiger partial charge >= 0.3 is 0 Å². The molecule has 0 aromatic heterocycles. The number of nitrogens with zero attached hydrogens (tertiary/aromatic N) is 2. The van der Waals surface area contributed by atoms with Crippen molar-refractivity contribution in [3.05, 3.63) is 132 Å². The Hall–Kier alpha value is -3.60. The maximum atomic E-state index is 4.49. The molecule has 0 atom stereocenters. The van der Waals surface area contributed by atoms with E-state index in [1.54, 1.807) is 21.6 Å². The molecule has 0 amide bonds. The van der Waals surface area contributed by atoms with E-state index in [9.17, 15) is 0 Å². The Labute approximate surface area is 209 Å². The monoisotopic (exact) mass is 476 g/mol. The molecule has 0 unspecified atom stereocenters. The Bertz CT molecular complexity index is 1160. The van der Waals surface area contributed by atoms with E-state index in [1.165, 1.54) is 9.79 Å². The molecule has 0 saturated carbocycles. The van der Waals surface area contributed by atoms with Gasteiger partial charge in [-0.25, -0.2) is 0 Å². The van der Waals surface area contributed by atoms with E-state index in [-0.39, 0.29) is 0 Å². The standard InChI is InChI=1S/C30H24N2S2/c1-3-9-25(10-4-1)13-7-23-31-27-15-19-29(20-16-27)33-34-30-21-17-28(18-22-30)32-24-8-14-26-11-5-2-6-12-26/h1-24H/b13-7-,14-8-,31-23?,32-24?. The predicted octanol–water partition coefficient (Wildman–Crippen LogP) is 9.32. The van der Waals surface area contributed by atoms with Crippen molar-refractivity contribution in [1.82, 2.24) is 0 Å². The van der Waals surface area contributed by atoms with Crippen molar-refractivity contribution in [3.8, 4) is 0 Å². The van der Waals surface area contributed by atoms with E-state index in [4.69, 9.17) is 0 Å². The number of aliphatic imine (C=N–C) groups is 2. The summed E-state index contributed by atoms with van der Waals surface area (Å²) in [5, 5.41) is 0. The maximum absolute atomic E-state index is 4.49. The summed E-state index contributed by atoms with van der Waals surface area (Å²) in [6.45, 7) is 0. The van der Waals surface area contributed by atoms with Crippen LogP contribution in [0.3, 0.4) is 0 Å². The van der Waals surface area contributed by atoms with Crippen LogP contribution in [0, 0.1) is 0 Å². The molecule has 0 radical (unpaired) electrons. The van der Waals surface area contributed by atoms with Crippen LogP contribution in [-0.2, 0) is 0 Å². The number of hydrogen-bond donors (Lipinski definition) is 0. The summed E-state index contributed by atoms with van der Waals surface area (Å²) >= 11 is 0. The van der Waals surface area contributed by atoms with Crippen LogP contribution in [0.2, 0.25) is 0 Å². The molecule has 0 N–H and O–H groups in total. The van der Waals surface area contributed by atoms with Gasteiger partial charge < -0.3 is 0 Å². The molecule has 0 saturated heterocycles. The number of rotatable bonds is 9. The first kappa shape index (κ1) is 23.6. The topological polar surface area (TPSA) is 24.7 Å². The lowest BCUT2D eigenvalue weighted by Crippen LogP contribution is -1.73. The SMILES string of the molecule is C(/C=C\c1ccccc1)=Nc1ccc(SSc2ccc(N=C/C=C\c3ccccc3)cc2)cc1. The third-order valence-electron chi connectivity index (χ3n) is 4.70. The minimum Gasteiger partial charge on any atom is -0.257 e. The van der Waals surface area contributed by atoms with Crippen molar-refractivity contribution in [1.29, 1.82) is 0 Å². The summed E-state index contributed by atoms with van der Waals surface area (Å²) in [6.07, 6.45) is 11.7. The molecule has 166 valence electrons. The highest BCUT2D eigenvalue weighted by Gasteiger charge is 1.99. The maximum Gasteiger partial charge on any atom is 0.0630 e. The van der Waals surface area contributed by atoms with Crippen molar-refractivity contribution >= 4 is 57.5 Å².